The van der Waals surface area contributed by atoms with Gasteiger partial charge in [0.15, 0.2) is 0 Å². The maximum atomic E-state index is 13.7. The number of ether oxygens (including phenoxy) is 1. The van der Waals surface area contributed by atoms with Gasteiger partial charge >= 0.3 is 5.97 Å². The molecule has 1 N–H and O–H groups in total. The summed E-state index contributed by atoms with van der Waals surface area (Å²) in [5.74, 6) is -1.13. The molecule has 2 aromatic rings. The van der Waals surface area contributed by atoms with E-state index in [0.29, 0.717) is 11.6 Å². The number of anilines is 1. The van der Waals surface area contributed by atoms with Gasteiger partial charge in [-0.2, -0.15) is 4.39 Å². The van der Waals surface area contributed by atoms with E-state index in [4.69, 9.17) is 0 Å². The molecule has 1 saturated heterocycles. The van der Waals surface area contributed by atoms with Crippen molar-refractivity contribution in [3.05, 3.63) is 65.6 Å². The number of nitrogens with one attached hydrogen (secondary N) is 1. The molecule has 1 fully saturated rings. The Bertz CT molecular complexity index is 778. The molecule has 27 heavy (non-hydrogen) atoms. The first-order chi connectivity index (χ1) is 13.1. The van der Waals surface area contributed by atoms with Crippen LogP contribution in [0.1, 0.15) is 24.5 Å². The Hall–Kier alpha value is -2.73. The molecular weight excluding hydrogens is 345 g/mol. The van der Waals surface area contributed by atoms with Crippen molar-refractivity contribution in [1.82, 2.24) is 9.88 Å². The highest BCUT2D eigenvalue weighted by Crippen LogP contribution is 2.18. The summed E-state index contributed by atoms with van der Waals surface area (Å²) in [6.45, 7) is 4.72. The van der Waals surface area contributed by atoms with Gasteiger partial charge in [-0.1, -0.05) is 30.3 Å². The first-order valence-electron chi connectivity index (χ1n) is 9.17. The Morgan fingerprint density at radius 2 is 2.15 bits per heavy atom. The summed E-state index contributed by atoms with van der Waals surface area (Å²) < 4.78 is 18.3. The number of carbonyl (C=O) groups excluding carboxylic acids is 1. The number of nitrogens with zero attached hydrogens (tertiary/aromatic N) is 2. The van der Waals surface area contributed by atoms with Crippen molar-refractivity contribution in [2.24, 2.45) is 0 Å². The Kier molecular flexibility index (Phi) is 6.54. The van der Waals surface area contributed by atoms with Crippen molar-refractivity contribution < 1.29 is 13.9 Å². The van der Waals surface area contributed by atoms with Crippen molar-refractivity contribution >= 4 is 17.9 Å². The van der Waals surface area contributed by atoms with Gasteiger partial charge in [0.2, 0.25) is 5.83 Å². The molecule has 0 spiro atoms. The lowest BCUT2D eigenvalue weighted by atomic mass is 10.2. The fourth-order valence-corrected chi connectivity index (χ4v) is 3.13. The van der Waals surface area contributed by atoms with E-state index >= 15 is 0 Å². The second-order valence-electron chi connectivity index (χ2n) is 6.54. The third kappa shape index (κ3) is 5.62. The van der Waals surface area contributed by atoms with Crippen LogP contribution in [0.3, 0.4) is 0 Å². The van der Waals surface area contributed by atoms with Crippen LogP contribution in [0.2, 0.25) is 0 Å². The number of rotatable bonds is 7. The highest BCUT2D eigenvalue weighted by atomic mass is 19.1. The van der Waals surface area contributed by atoms with Crippen molar-refractivity contribution in [2.75, 3.05) is 25.0 Å². The minimum absolute atomic E-state index is 0.143. The van der Waals surface area contributed by atoms with Crippen molar-refractivity contribution in [1.29, 1.82) is 0 Å². The van der Waals surface area contributed by atoms with Crippen LogP contribution in [-0.4, -0.2) is 41.6 Å². The smallest absolute Gasteiger partial charge is 0.367 e. The van der Waals surface area contributed by atoms with Gasteiger partial charge < -0.3 is 10.1 Å². The number of hydrogen-bond acceptors (Lipinski definition) is 5. The van der Waals surface area contributed by atoms with Crippen LogP contribution in [0, 0.1) is 0 Å². The largest absolute Gasteiger partial charge is 0.461 e. The molecule has 6 heteroatoms. The molecule has 3 rings (SSSR count). The summed E-state index contributed by atoms with van der Waals surface area (Å²) in [7, 11) is 0. The normalized spacial score (nSPS) is 17.7. The second-order valence-corrected chi connectivity index (χ2v) is 6.54. The molecule has 1 aliphatic rings. The van der Waals surface area contributed by atoms with E-state index in [0.717, 1.165) is 37.9 Å². The summed E-state index contributed by atoms with van der Waals surface area (Å²) in [5, 5.41) is 3.42. The van der Waals surface area contributed by atoms with Gasteiger partial charge in [-0.05, 0) is 42.7 Å². The van der Waals surface area contributed by atoms with E-state index in [1.54, 1.807) is 19.1 Å². The van der Waals surface area contributed by atoms with Crippen molar-refractivity contribution in [3.8, 4) is 0 Å². The van der Waals surface area contributed by atoms with E-state index in [1.807, 2.05) is 6.07 Å². The number of aromatic nitrogens is 1. The molecule has 1 aliphatic heterocycles. The maximum Gasteiger partial charge on any atom is 0.367 e. The molecular formula is C21H24FN3O2. The fourth-order valence-electron chi connectivity index (χ4n) is 3.13. The second kappa shape index (κ2) is 9.28. The van der Waals surface area contributed by atoms with Gasteiger partial charge in [-0.15, -0.1) is 0 Å². The molecule has 1 aromatic heterocycles. The number of likely N-dealkylation sites (tertiary alicyclic amines) is 1. The molecule has 2 heterocycles. The Labute approximate surface area is 158 Å². The monoisotopic (exact) mass is 369 g/mol. The van der Waals surface area contributed by atoms with Crippen LogP contribution in [0.5, 0.6) is 0 Å². The van der Waals surface area contributed by atoms with E-state index in [1.165, 1.54) is 11.8 Å². The molecule has 0 saturated carbocycles. The lowest BCUT2D eigenvalue weighted by Crippen LogP contribution is -2.26. The van der Waals surface area contributed by atoms with E-state index in [2.05, 4.69) is 44.2 Å². The van der Waals surface area contributed by atoms with E-state index in [-0.39, 0.29) is 6.61 Å². The summed E-state index contributed by atoms with van der Waals surface area (Å²) >= 11 is 0. The zero-order valence-corrected chi connectivity index (χ0v) is 15.4. The van der Waals surface area contributed by atoms with Crippen LogP contribution in [0.15, 0.2) is 54.5 Å². The summed E-state index contributed by atoms with van der Waals surface area (Å²) in [5.41, 5.74) is 1.83. The fraction of sp³-hybridized carbons (Fsp3) is 0.333. The molecule has 0 aliphatic carbocycles. The van der Waals surface area contributed by atoms with Gasteiger partial charge in [-0.25, -0.2) is 9.78 Å². The molecule has 5 nitrogen and oxygen atoms in total. The molecule has 142 valence electrons. The van der Waals surface area contributed by atoms with Gasteiger partial charge in [0, 0.05) is 31.9 Å². The lowest BCUT2D eigenvalue weighted by Gasteiger charge is -2.17. The molecule has 0 amide bonds. The number of pyridine rings is 1. The lowest BCUT2D eigenvalue weighted by molar-refractivity contribution is -0.140. The molecule has 0 radical (unpaired) electrons. The van der Waals surface area contributed by atoms with Crippen LogP contribution >= 0.6 is 0 Å². The number of benzene rings is 1. The average molecular weight is 369 g/mol. The van der Waals surface area contributed by atoms with Gasteiger partial charge in [0.25, 0.3) is 0 Å². The highest BCUT2D eigenvalue weighted by Gasteiger charge is 2.22. The quantitative estimate of drug-likeness (QED) is 0.596. The standard InChI is InChI=1S/C21H24FN3O2/c1-2-27-21(26)19(22)12-17-8-9-20(23-13-17)24-18-10-11-25(15-18)14-16-6-4-3-5-7-16/h3-9,12-13,18H,2,10-11,14-15H2,1H3,(H,23,24)/b19-12-/t18-/m1/s1. The topological polar surface area (TPSA) is 54.5 Å². The molecule has 0 bridgehead atoms. The van der Waals surface area contributed by atoms with Crippen LogP contribution in [0.4, 0.5) is 10.2 Å². The van der Waals surface area contributed by atoms with Gasteiger partial charge in [-0.3, -0.25) is 4.90 Å². The van der Waals surface area contributed by atoms with Crippen LogP contribution < -0.4 is 5.32 Å². The molecule has 1 atom stereocenters. The van der Waals surface area contributed by atoms with Crippen molar-refractivity contribution in [3.63, 3.8) is 0 Å². The minimum Gasteiger partial charge on any atom is -0.461 e. The SMILES string of the molecule is CCOC(=O)/C(F)=C/c1ccc(N[C@@H]2CCN(Cc3ccccc3)C2)nc1. The first-order valence-corrected chi connectivity index (χ1v) is 9.17. The Morgan fingerprint density at radius 1 is 1.33 bits per heavy atom. The van der Waals surface area contributed by atoms with Gasteiger partial charge in [0.05, 0.1) is 6.61 Å². The summed E-state index contributed by atoms with van der Waals surface area (Å²) in [6.07, 6.45) is 3.72. The zero-order chi connectivity index (χ0) is 19.1. The first kappa shape index (κ1) is 19.0. The van der Waals surface area contributed by atoms with Crippen LogP contribution in [0.25, 0.3) is 6.08 Å². The van der Waals surface area contributed by atoms with Gasteiger partial charge in [0.1, 0.15) is 5.82 Å². The van der Waals surface area contributed by atoms with Crippen LogP contribution in [-0.2, 0) is 16.1 Å². The van der Waals surface area contributed by atoms with Crippen molar-refractivity contribution in [2.45, 2.75) is 25.9 Å². The number of halogens is 1. The molecule has 0 unspecified atom stereocenters. The summed E-state index contributed by atoms with van der Waals surface area (Å²) in [6, 6.07) is 14.3. The molecule has 1 aromatic carbocycles. The zero-order valence-electron chi connectivity index (χ0n) is 15.4. The highest BCUT2D eigenvalue weighted by molar-refractivity contribution is 5.91. The Morgan fingerprint density at radius 3 is 2.85 bits per heavy atom. The average Bonchev–Trinajstić information content (AvgIpc) is 3.11. The maximum absolute atomic E-state index is 13.7. The minimum atomic E-state index is -0.954. The number of carbonyl (C=O) groups is 1. The number of esters is 1. The summed E-state index contributed by atoms with van der Waals surface area (Å²) in [4.78, 5) is 18.0. The predicted molar refractivity (Wildman–Crippen MR) is 104 cm³/mol. The van der Waals surface area contributed by atoms with E-state index < -0.39 is 11.8 Å². The third-order valence-electron chi connectivity index (χ3n) is 4.42. The number of hydrogen-bond donors (Lipinski definition) is 1. The Balaban J connectivity index is 1.51. The van der Waals surface area contributed by atoms with E-state index in [9.17, 15) is 9.18 Å². The predicted octanol–water partition coefficient (Wildman–Crippen LogP) is 3.64. The third-order valence-corrected chi connectivity index (χ3v) is 4.42.